The Morgan fingerprint density at radius 1 is 1.24 bits per heavy atom. The normalized spacial score (nSPS) is 22.3. The molecule has 0 bridgehead atoms. The van der Waals surface area contributed by atoms with E-state index < -0.39 is 5.97 Å². The minimum atomic E-state index is -0.775. The van der Waals surface area contributed by atoms with Crippen LogP contribution in [0.15, 0.2) is 29.2 Å². The molecule has 0 saturated heterocycles. The summed E-state index contributed by atoms with van der Waals surface area (Å²) in [4.78, 5) is 26.3. The van der Waals surface area contributed by atoms with Crippen LogP contribution in [-0.2, 0) is 4.79 Å². The van der Waals surface area contributed by atoms with Crippen LogP contribution in [0, 0.1) is 5.92 Å². The van der Waals surface area contributed by atoms with Crippen molar-refractivity contribution in [3.8, 4) is 0 Å². The van der Waals surface area contributed by atoms with Crippen molar-refractivity contribution in [1.82, 2.24) is 10.2 Å². The Bertz CT molecular complexity index is 612. The fourth-order valence-corrected chi connectivity index (χ4v) is 3.59. The number of rotatable bonds is 8. The van der Waals surface area contributed by atoms with Crippen molar-refractivity contribution < 1.29 is 14.7 Å². The molecule has 2 fully saturated rings. The summed E-state index contributed by atoms with van der Waals surface area (Å²) in [6.45, 7) is 0.972. The van der Waals surface area contributed by atoms with Gasteiger partial charge in [-0.25, -0.2) is 4.79 Å². The quantitative estimate of drug-likeness (QED) is 0.619. The summed E-state index contributed by atoms with van der Waals surface area (Å²) in [6, 6.07) is 7.90. The third-order valence-electron chi connectivity index (χ3n) is 4.84. The van der Waals surface area contributed by atoms with Gasteiger partial charge < -0.3 is 15.7 Å². The Balaban J connectivity index is 1.42. The largest absolute Gasteiger partial charge is 0.480 e. The maximum absolute atomic E-state index is 12.1. The number of carboxylic acid groups (broad SMARTS) is 1. The van der Waals surface area contributed by atoms with Gasteiger partial charge in [-0.15, -0.1) is 11.8 Å². The second-order valence-corrected chi connectivity index (χ2v) is 7.80. The summed E-state index contributed by atoms with van der Waals surface area (Å²) in [5, 5.41) is 14.9. The summed E-state index contributed by atoms with van der Waals surface area (Å²) in [6.07, 6.45) is 6.07. The van der Waals surface area contributed by atoms with Crippen molar-refractivity contribution in [3.05, 3.63) is 24.3 Å². The van der Waals surface area contributed by atoms with Crippen LogP contribution in [0.25, 0.3) is 0 Å². The SMILES string of the molecule is CSc1ccc(NC(=O)NC2CC(N(CC(=O)O)CC3CC3)C2)cc1. The maximum Gasteiger partial charge on any atom is 0.319 e. The van der Waals surface area contributed by atoms with E-state index in [2.05, 4.69) is 15.5 Å². The van der Waals surface area contributed by atoms with Gasteiger partial charge in [-0.2, -0.15) is 0 Å². The predicted molar refractivity (Wildman–Crippen MR) is 99.1 cm³/mol. The molecule has 2 amide bonds. The fourth-order valence-electron chi connectivity index (χ4n) is 3.18. The Morgan fingerprint density at radius 3 is 2.48 bits per heavy atom. The number of hydrogen-bond donors (Lipinski definition) is 3. The van der Waals surface area contributed by atoms with E-state index in [9.17, 15) is 9.59 Å². The molecule has 0 atom stereocenters. The van der Waals surface area contributed by atoms with Gasteiger partial charge in [-0.05, 0) is 62.1 Å². The molecule has 6 nitrogen and oxygen atoms in total. The molecule has 2 aliphatic carbocycles. The minimum absolute atomic E-state index is 0.0991. The zero-order valence-electron chi connectivity index (χ0n) is 14.4. The molecule has 1 aromatic carbocycles. The maximum atomic E-state index is 12.1. The first kappa shape index (κ1) is 18.1. The molecular formula is C18H25N3O3S. The lowest BCUT2D eigenvalue weighted by Gasteiger charge is -2.42. The monoisotopic (exact) mass is 363 g/mol. The summed E-state index contributed by atoms with van der Waals surface area (Å²) >= 11 is 1.66. The van der Waals surface area contributed by atoms with E-state index in [0.717, 1.165) is 30.0 Å². The van der Waals surface area contributed by atoms with Crippen molar-refractivity contribution in [2.45, 2.75) is 42.7 Å². The molecule has 0 radical (unpaired) electrons. The van der Waals surface area contributed by atoms with E-state index >= 15 is 0 Å². The summed E-state index contributed by atoms with van der Waals surface area (Å²) in [5.74, 6) is -0.109. The molecule has 2 saturated carbocycles. The highest BCUT2D eigenvalue weighted by molar-refractivity contribution is 7.98. The number of carboxylic acids is 1. The number of urea groups is 1. The van der Waals surface area contributed by atoms with Gasteiger partial charge in [0.15, 0.2) is 0 Å². The molecule has 7 heteroatoms. The van der Waals surface area contributed by atoms with E-state index in [1.165, 1.54) is 12.8 Å². The van der Waals surface area contributed by atoms with E-state index in [0.29, 0.717) is 5.92 Å². The first-order valence-corrected chi connectivity index (χ1v) is 9.93. The van der Waals surface area contributed by atoms with Gasteiger partial charge in [-0.3, -0.25) is 9.69 Å². The van der Waals surface area contributed by atoms with Gasteiger partial charge in [0.05, 0.1) is 6.54 Å². The van der Waals surface area contributed by atoms with Crippen molar-refractivity contribution in [2.24, 2.45) is 5.92 Å². The predicted octanol–water partition coefficient (Wildman–Crippen LogP) is 2.86. The highest BCUT2D eigenvalue weighted by atomic mass is 32.2. The molecule has 0 aliphatic heterocycles. The van der Waals surface area contributed by atoms with Gasteiger partial charge >= 0.3 is 12.0 Å². The number of carbonyl (C=O) groups is 2. The van der Waals surface area contributed by atoms with E-state index in [1.807, 2.05) is 30.5 Å². The van der Waals surface area contributed by atoms with Crippen molar-refractivity contribution in [1.29, 1.82) is 0 Å². The number of thioether (sulfide) groups is 1. The lowest BCUT2D eigenvalue weighted by molar-refractivity contribution is -0.139. The van der Waals surface area contributed by atoms with Gasteiger partial charge in [0.1, 0.15) is 0 Å². The van der Waals surface area contributed by atoms with Crippen LogP contribution < -0.4 is 10.6 Å². The molecule has 0 aromatic heterocycles. The number of anilines is 1. The Labute approximate surface area is 152 Å². The number of hydrogen-bond acceptors (Lipinski definition) is 4. The summed E-state index contributed by atoms with van der Waals surface area (Å²) < 4.78 is 0. The average molecular weight is 363 g/mol. The Kier molecular flexibility index (Phi) is 5.86. The molecule has 3 rings (SSSR count). The number of carbonyl (C=O) groups excluding carboxylic acids is 1. The number of aliphatic carboxylic acids is 1. The lowest BCUT2D eigenvalue weighted by atomic mass is 9.85. The highest BCUT2D eigenvalue weighted by Crippen LogP contribution is 2.33. The van der Waals surface area contributed by atoms with Crippen LogP contribution in [0.3, 0.4) is 0 Å². The number of nitrogens with one attached hydrogen (secondary N) is 2. The third-order valence-corrected chi connectivity index (χ3v) is 5.58. The smallest absolute Gasteiger partial charge is 0.319 e. The van der Waals surface area contributed by atoms with Crippen molar-refractivity contribution >= 4 is 29.4 Å². The molecular weight excluding hydrogens is 338 g/mol. The van der Waals surface area contributed by atoms with Crippen LogP contribution in [0.5, 0.6) is 0 Å². The molecule has 0 heterocycles. The highest BCUT2D eigenvalue weighted by Gasteiger charge is 2.37. The zero-order chi connectivity index (χ0) is 17.8. The first-order valence-electron chi connectivity index (χ1n) is 8.71. The first-order chi connectivity index (χ1) is 12.0. The van der Waals surface area contributed by atoms with E-state index in [4.69, 9.17) is 5.11 Å². The van der Waals surface area contributed by atoms with Crippen LogP contribution in [0.2, 0.25) is 0 Å². The molecule has 3 N–H and O–H groups in total. The van der Waals surface area contributed by atoms with Crippen LogP contribution in [-0.4, -0.2) is 53.4 Å². The standard InChI is InChI=1S/C18H25N3O3S/c1-25-16-6-4-13(5-7-16)19-18(24)20-14-8-15(9-14)21(11-17(22)23)10-12-2-3-12/h4-7,12,14-15H,2-3,8-11H2,1H3,(H,22,23)(H2,19,20,24). The summed E-state index contributed by atoms with van der Waals surface area (Å²) in [7, 11) is 0. The molecule has 2 aliphatic rings. The van der Waals surface area contributed by atoms with Gasteiger partial charge in [0.25, 0.3) is 0 Å². The average Bonchev–Trinajstić information content (AvgIpc) is 3.34. The number of benzene rings is 1. The second kappa shape index (κ2) is 8.10. The Morgan fingerprint density at radius 2 is 1.92 bits per heavy atom. The molecule has 0 unspecified atom stereocenters. The third kappa shape index (κ3) is 5.37. The van der Waals surface area contributed by atoms with Crippen molar-refractivity contribution in [3.63, 3.8) is 0 Å². The van der Waals surface area contributed by atoms with Crippen molar-refractivity contribution in [2.75, 3.05) is 24.7 Å². The van der Waals surface area contributed by atoms with E-state index in [-0.39, 0.29) is 24.7 Å². The second-order valence-electron chi connectivity index (χ2n) is 6.92. The van der Waals surface area contributed by atoms with Gasteiger partial charge in [-0.1, -0.05) is 0 Å². The lowest BCUT2D eigenvalue weighted by Crippen LogP contribution is -2.55. The molecule has 25 heavy (non-hydrogen) atoms. The van der Waals surface area contributed by atoms with Crippen LogP contribution >= 0.6 is 11.8 Å². The van der Waals surface area contributed by atoms with Gasteiger partial charge in [0.2, 0.25) is 0 Å². The van der Waals surface area contributed by atoms with Crippen LogP contribution in [0.1, 0.15) is 25.7 Å². The van der Waals surface area contributed by atoms with Gasteiger partial charge in [0, 0.05) is 29.2 Å². The Hall–Kier alpha value is -1.73. The minimum Gasteiger partial charge on any atom is -0.480 e. The zero-order valence-corrected chi connectivity index (χ0v) is 15.2. The topological polar surface area (TPSA) is 81.7 Å². The van der Waals surface area contributed by atoms with E-state index in [1.54, 1.807) is 11.8 Å². The number of amides is 2. The molecule has 136 valence electrons. The van der Waals surface area contributed by atoms with Crippen LogP contribution in [0.4, 0.5) is 10.5 Å². The number of nitrogens with zero attached hydrogens (tertiary/aromatic N) is 1. The summed E-state index contributed by atoms with van der Waals surface area (Å²) in [5.41, 5.74) is 0.771. The fraction of sp³-hybridized carbons (Fsp3) is 0.556. The molecule has 0 spiro atoms. The molecule has 1 aromatic rings.